The van der Waals surface area contributed by atoms with E-state index in [-0.39, 0.29) is 5.75 Å². The summed E-state index contributed by atoms with van der Waals surface area (Å²) in [6, 6.07) is 10.5. The fourth-order valence-corrected chi connectivity index (χ4v) is 2.55. The molecule has 3 aromatic rings. The number of nitrogens with zero attached hydrogens (tertiary/aromatic N) is 2. The molecule has 0 saturated carbocycles. The first-order valence-corrected chi connectivity index (χ1v) is 7.93. The van der Waals surface area contributed by atoms with Gasteiger partial charge < -0.3 is 4.74 Å². The Morgan fingerprint density at radius 3 is 2.75 bits per heavy atom. The maximum Gasteiger partial charge on any atom is 0.203 e. The molecule has 1 heterocycles. The van der Waals surface area contributed by atoms with Crippen molar-refractivity contribution in [2.24, 2.45) is 5.10 Å². The number of nitrogens with one attached hydrogen (secondary N) is 1. The smallest absolute Gasteiger partial charge is 0.203 e. The van der Waals surface area contributed by atoms with Crippen LogP contribution in [0.1, 0.15) is 11.3 Å². The highest BCUT2D eigenvalue weighted by molar-refractivity contribution is 7.13. The van der Waals surface area contributed by atoms with E-state index in [1.54, 1.807) is 24.4 Å². The van der Waals surface area contributed by atoms with Crippen LogP contribution in [0.4, 0.5) is 13.9 Å². The summed E-state index contributed by atoms with van der Waals surface area (Å²) in [6.07, 6.45) is 1.58. The van der Waals surface area contributed by atoms with E-state index in [2.05, 4.69) is 15.5 Å². The Morgan fingerprint density at radius 1 is 1.17 bits per heavy atom. The first-order chi connectivity index (χ1) is 11.6. The number of thiazole rings is 1. The normalized spacial score (nSPS) is 11.0. The van der Waals surface area contributed by atoms with Crippen molar-refractivity contribution < 1.29 is 13.5 Å². The van der Waals surface area contributed by atoms with Crippen molar-refractivity contribution in [1.82, 2.24) is 4.98 Å². The molecule has 0 aliphatic rings. The molecule has 0 aliphatic carbocycles. The Labute approximate surface area is 141 Å². The topological polar surface area (TPSA) is 46.5 Å². The van der Waals surface area contributed by atoms with Crippen LogP contribution in [0.25, 0.3) is 0 Å². The molecule has 0 unspecified atom stereocenters. The number of aryl methyl sites for hydroxylation is 1. The maximum atomic E-state index is 13.3. The molecule has 0 bridgehead atoms. The zero-order valence-corrected chi connectivity index (χ0v) is 13.5. The summed E-state index contributed by atoms with van der Waals surface area (Å²) in [5.74, 6) is -1.19. The number of ether oxygens (including phenoxy) is 1. The largest absolute Gasteiger partial charge is 0.457 e. The third-order valence-corrected chi connectivity index (χ3v) is 3.89. The number of hydrogen-bond acceptors (Lipinski definition) is 5. The average Bonchev–Trinajstić information content (AvgIpc) is 2.98. The Hall–Kier alpha value is -2.80. The summed E-state index contributed by atoms with van der Waals surface area (Å²) in [5, 5.41) is 6.72. The highest BCUT2D eigenvalue weighted by Gasteiger charge is 2.06. The number of rotatable bonds is 5. The van der Waals surface area contributed by atoms with Gasteiger partial charge >= 0.3 is 0 Å². The maximum absolute atomic E-state index is 13.3. The first kappa shape index (κ1) is 16.1. The van der Waals surface area contributed by atoms with Gasteiger partial charge in [0.05, 0.1) is 11.9 Å². The standard InChI is InChI=1S/C17H13F2N3OS/c1-11-10-24-17(21-11)22-20-9-12-4-2-3-5-16(12)23-13-6-7-14(18)15(19)8-13/h2-10H,1H3,(H,21,22). The number of hydrazone groups is 1. The van der Waals surface area contributed by atoms with Gasteiger partial charge in [-0.15, -0.1) is 11.3 Å². The highest BCUT2D eigenvalue weighted by Crippen LogP contribution is 2.25. The first-order valence-electron chi connectivity index (χ1n) is 7.05. The zero-order chi connectivity index (χ0) is 16.9. The van der Waals surface area contributed by atoms with Gasteiger partial charge in [-0.05, 0) is 31.2 Å². The Morgan fingerprint density at radius 2 is 2.00 bits per heavy atom. The molecule has 0 spiro atoms. The van der Waals surface area contributed by atoms with Crippen molar-refractivity contribution in [3.05, 3.63) is 70.7 Å². The number of anilines is 1. The molecule has 4 nitrogen and oxygen atoms in total. The SMILES string of the molecule is Cc1csc(NN=Cc2ccccc2Oc2ccc(F)c(F)c2)n1. The van der Waals surface area contributed by atoms with Crippen LogP contribution in [0, 0.1) is 18.6 Å². The molecular formula is C17H13F2N3OS. The number of para-hydroxylation sites is 1. The van der Waals surface area contributed by atoms with Gasteiger partial charge in [-0.2, -0.15) is 5.10 Å². The third kappa shape index (κ3) is 3.94. The van der Waals surface area contributed by atoms with Crippen molar-refractivity contribution in [3.8, 4) is 11.5 Å². The van der Waals surface area contributed by atoms with Crippen molar-refractivity contribution in [1.29, 1.82) is 0 Å². The van der Waals surface area contributed by atoms with E-state index in [0.717, 1.165) is 17.8 Å². The van der Waals surface area contributed by atoms with Crippen LogP contribution in [-0.4, -0.2) is 11.2 Å². The van der Waals surface area contributed by atoms with Gasteiger partial charge in [-0.25, -0.2) is 13.8 Å². The van der Waals surface area contributed by atoms with Gasteiger partial charge in [-0.3, -0.25) is 5.43 Å². The molecule has 3 rings (SSSR count). The van der Waals surface area contributed by atoms with Crippen LogP contribution in [0.5, 0.6) is 11.5 Å². The lowest BCUT2D eigenvalue weighted by Crippen LogP contribution is -1.94. The molecular weight excluding hydrogens is 332 g/mol. The lowest BCUT2D eigenvalue weighted by Gasteiger charge is -2.08. The van der Waals surface area contributed by atoms with Crippen LogP contribution in [0.2, 0.25) is 0 Å². The van der Waals surface area contributed by atoms with Crippen LogP contribution >= 0.6 is 11.3 Å². The van der Waals surface area contributed by atoms with E-state index < -0.39 is 11.6 Å². The van der Waals surface area contributed by atoms with Gasteiger partial charge in [0.25, 0.3) is 0 Å². The van der Waals surface area contributed by atoms with Crippen molar-refractivity contribution in [3.63, 3.8) is 0 Å². The summed E-state index contributed by atoms with van der Waals surface area (Å²) in [4.78, 5) is 4.24. The molecule has 0 aliphatic heterocycles. The van der Waals surface area contributed by atoms with Crippen LogP contribution in [0.15, 0.2) is 52.9 Å². The lowest BCUT2D eigenvalue weighted by molar-refractivity contribution is 0.461. The van der Waals surface area contributed by atoms with Gasteiger partial charge in [0, 0.05) is 17.0 Å². The molecule has 2 aromatic carbocycles. The molecule has 1 aromatic heterocycles. The van der Waals surface area contributed by atoms with Gasteiger partial charge in [0.15, 0.2) is 11.6 Å². The summed E-state index contributed by atoms with van der Waals surface area (Å²) in [5.41, 5.74) is 4.43. The predicted octanol–water partition coefficient (Wildman–Crippen LogP) is 4.97. The summed E-state index contributed by atoms with van der Waals surface area (Å²) in [6.45, 7) is 1.90. The lowest BCUT2D eigenvalue weighted by atomic mass is 10.2. The molecule has 122 valence electrons. The fraction of sp³-hybridized carbons (Fsp3) is 0.0588. The Kier molecular flexibility index (Phi) is 4.81. The van der Waals surface area contributed by atoms with Crippen LogP contribution < -0.4 is 10.2 Å². The zero-order valence-electron chi connectivity index (χ0n) is 12.7. The second-order valence-electron chi connectivity index (χ2n) is 4.88. The molecule has 0 radical (unpaired) electrons. The minimum absolute atomic E-state index is 0.207. The minimum atomic E-state index is -0.959. The van der Waals surface area contributed by atoms with Crippen LogP contribution in [-0.2, 0) is 0 Å². The molecule has 1 N–H and O–H groups in total. The Bertz CT molecular complexity index is 880. The molecule has 0 atom stereocenters. The number of hydrogen-bond donors (Lipinski definition) is 1. The van der Waals surface area contributed by atoms with Gasteiger partial charge in [-0.1, -0.05) is 12.1 Å². The second-order valence-corrected chi connectivity index (χ2v) is 5.74. The van der Waals surface area contributed by atoms with Gasteiger partial charge in [0.2, 0.25) is 5.13 Å². The summed E-state index contributed by atoms with van der Waals surface area (Å²) >= 11 is 1.45. The van der Waals surface area contributed by atoms with Crippen molar-refractivity contribution in [2.75, 3.05) is 5.43 Å². The van der Waals surface area contributed by atoms with E-state index in [9.17, 15) is 8.78 Å². The molecule has 0 amide bonds. The van der Waals surface area contributed by atoms with E-state index in [1.165, 1.54) is 17.4 Å². The second kappa shape index (κ2) is 7.18. The van der Waals surface area contributed by atoms with Crippen molar-refractivity contribution >= 4 is 22.7 Å². The average molecular weight is 345 g/mol. The fourth-order valence-electron chi connectivity index (χ4n) is 1.91. The number of benzene rings is 2. The number of aromatic nitrogens is 1. The molecule has 0 fully saturated rings. The van der Waals surface area contributed by atoms with Gasteiger partial charge in [0.1, 0.15) is 11.5 Å². The number of halogens is 2. The predicted molar refractivity (Wildman–Crippen MR) is 90.9 cm³/mol. The molecule has 24 heavy (non-hydrogen) atoms. The highest BCUT2D eigenvalue weighted by atomic mass is 32.1. The molecule has 0 saturated heterocycles. The summed E-state index contributed by atoms with van der Waals surface area (Å²) in [7, 11) is 0. The Balaban J connectivity index is 1.76. The quantitative estimate of drug-likeness (QED) is 0.525. The van der Waals surface area contributed by atoms with E-state index in [1.807, 2.05) is 18.4 Å². The van der Waals surface area contributed by atoms with E-state index in [4.69, 9.17) is 4.74 Å². The van der Waals surface area contributed by atoms with E-state index >= 15 is 0 Å². The van der Waals surface area contributed by atoms with Crippen molar-refractivity contribution in [2.45, 2.75) is 6.92 Å². The van der Waals surface area contributed by atoms with E-state index in [0.29, 0.717) is 16.4 Å². The monoisotopic (exact) mass is 345 g/mol. The molecule has 7 heteroatoms. The summed E-state index contributed by atoms with van der Waals surface area (Å²) < 4.78 is 31.9. The van der Waals surface area contributed by atoms with Crippen LogP contribution in [0.3, 0.4) is 0 Å². The minimum Gasteiger partial charge on any atom is -0.457 e. The third-order valence-electron chi connectivity index (χ3n) is 3.02.